The van der Waals surface area contributed by atoms with Gasteiger partial charge in [0.2, 0.25) is 0 Å². The van der Waals surface area contributed by atoms with E-state index >= 15 is 0 Å². The van der Waals surface area contributed by atoms with Gasteiger partial charge < -0.3 is 10.6 Å². The molecule has 0 radical (unpaired) electrons. The van der Waals surface area contributed by atoms with Gasteiger partial charge in [0, 0.05) is 18.1 Å². The van der Waals surface area contributed by atoms with Crippen LogP contribution in [0.15, 0.2) is 30.5 Å². The first-order valence-corrected chi connectivity index (χ1v) is 7.13. The Morgan fingerprint density at radius 1 is 1.37 bits per heavy atom. The van der Waals surface area contributed by atoms with E-state index in [1.807, 2.05) is 6.20 Å². The standard InChI is InChI=1S/C16H21N3/c1-12-4-5-14-6-8-18-16(15(14)9-12)19-11-13-3-2-7-17-10-13/h4-6,8-9,13,17H,2-3,7,10-11H2,1H3,(H,18,19). The lowest BCUT2D eigenvalue weighted by molar-refractivity contribution is 0.393. The number of hydrogen-bond donors (Lipinski definition) is 2. The van der Waals surface area contributed by atoms with Crippen LogP contribution in [0.2, 0.25) is 0 Å². The van der Waals surface area contributed by atoms with Gasteiger partial charge in [0.25, 0.3) is 0 Å². The van der Waals surface area contributed by atoms with Gasteiger partial charge in [0.1, 0.15) is 5.82 Å². The number of rotatable bonds is 3. The fraction of sp³-hybridized carbons (Fsp3) is 0.438. The Morgan fingerprint density at radius 2 is 2.32 bits per heavy atom. The largest absolute Gasteiger partial charge is 0.369 e. The second-order valence-electron chi connectivity index (χ2n) is 5.48. The minimum atomic E-state index is 0.718. The van der Waals surface area contributed by atoms with Crippen molar-refractivity contribution in [3.8, 4) is 0 Å². The molecule has 1 aliphatic heterocycles. The molecule has 3 nitrogen and oxygen atoms in total. The summed E-state index contributed by atoms with van der Waals surface area (Å²) in [5.41, 5.74) is 1.28. The molecule has 1 aromatic carbocycles. The lowest BCUT2D eigenvalue weighted by atomic mass is 9.99. The van der Waals surface area contributed by atoms with Crippen molar-refractivity contribution in [2.24, 2.45) is 5.92 Å². The van der Waals surface area contributed by atoms with Crippen molar-refractivity contribution in [3.05, 3.63) is 36.0 Å². The second kappa shape index (κ2) is 5.57. The highest BCUT2D eigenvalue weighted by atomic mass is 15.0. The van der Waals surface area contributed by atoms with E-state index in [4.69, 9.17) is 0 Å². The quantitative estimate of drug-likeness (QED) is 0.885. The molecule has 2 aromatic rings. The Morgan fingerprint density at radius 3 is 3.16 bits per heavy atom. The smallest absolute Gasteiger partial charge is 0.133 e. The number of aryl methyl sites for hydroxylation is 1. The minimum Gasteiger partial charge on any atom is -0.369 e. The van der Waals surface area contributed by atoms with Crippen LogP contribution < -0.4 is 10.6 Å². The monoisotopic (exact) mass is 255 g/mol. The molecule has 1 aliphatic rings. The first-order chi connectivity index (χ1) is 9.33. The Bertz CT molecular complexity index is 559. The van der Waals surface area contributed by atoms with Crippen molar-refractivity contribution in [3.63, 3.8) is 0 Å². The Labute approximate surface area is 114 Å². The van der Waals surface area contributed by atoms with Crippen LogP contribution in [-0.4, -0.2) is 24.6 Å². The molecule has 1 atom stereocenters. The van der Waals surface area contributed by atoms with Crippen molar-refractivity contribution < 1.29 is 0 Å². The molecule has 0 spiro atoms. The van der Waals surface area contributed by atoms with Crippen LogP contribution >= 0.6 is 0 Å². The summed E-state index contributed by atoms with van der Waals surface area (Å²) in [6, 6.07) is 8.60. The number of benzene rings is 1. The number of nitrogens with zero attached hydrogens (tertiary/aromatic N) is 1. The van der Waals surface area contributed by atoms with Gasteiger partial charge in [0.05, 0.1) is 0 Å². The molecule has 0 bridgehead atoms. The summed E-state index contributed by atoms with van der Waals surface area (Å²) in [5, 5.41) is 9.47. The van der Waals surface area contributed by atoms with Crippen LogP contribution in [0.1, 0.15) is 18.4 Å². The van der Waals surface area contributed by atoms with Gasteiger partial charge >= 0.3 is 0 Å². The molecular weight excluding hydrogens is 234 g/mol. The van der Waals surface area contributed by atoms with Gasteiger partial charge in [-0.2, -0.15) is 0 Å². The predicted molar refractivity (Wildman–Crippen MR) is 80.6 cm³/mol. The number of nitrogens with one attached hydrogen (secondary N) is 2. The van der Waals surface area contributed by atoms with Crippen LogP contribution in [0.25, 0.3) is 10.8 Å². The molecule has 2 N–H and O–H groups in total. The van der Waals surface area contributed by atoms with Gasteiger partial charge in [-0.05, 0) is 56.3 Å². The van der Waals surface area contributed by atoms with Crippen LogP contribution in [0, 0.1) is 12.8 Å². The lowest BCUT2D eigenvalue weighted by Crippen LogP contribution is -2.33. The highest BCUT2D eigenvalue weighted by Crippen LogP contribution is 2.22. The summed E-state index contributed by atoms with van der Waals surface area (Å²) in [4.78, 5) is 4.50. The Kier molecular flexibility index (Phi) is 3.65. The van der Waals surface area contributed by atoms with Crippen LogP contribution in [0.5, 0.6) is 0 Å². The molecule has 0 amide bonds. The third kappa shape index (κ3) is 2.87. The van der Waals surface area contributed by atoms with Gasteiger partial charge in [-0.25, -0.2) is 4.98 Å². The number of piperidine rings is 1. The van der Waals surface area contributed by atoms with Crippen molar-refractivity contribution in [1.29, 1.82) is 0 Å². The molecule has 3 heteroatoms. The van der Waals surface area contributed by atoms with E-state index in [1.54, 1.807) is 0 Å². The van der Waals surface area contributed by atoms with E-state index in [9.17, 15) is 0 Å². The zero-order chi connectivity index (χ0) is 13.1. The third-order valence-corrected chi connectivity index (χ3v) is 3.88. The number of fused-ring (bicyclic) bond motifs is 1. The maximum absolute atomic E-state index is 4.50. The highest BCUT2D eigenvalue weighted by molar-refractivity contribution is 5.92. The molecule has 1 fully saturated rings. The molecule has 3 rings (SSSR count). The van der Waals surface area contributed by atoms with E-state index in [2.05, 4.69) is 46.8 Å². The first-order valence-electron chi connectivity index (χ1n) is 7.13. The topological polar surface area (TPSA) is 37.0 Å². The van der Waals surface area contributed by atoms with E-state index < -0.39 is 0 Å². The zero-order valence-electron chi connectivity index (χ0n) is 11.4. The second-order valence-corrected chi connectivity index (χ2v) is 5.48. The molecule has 100 valence electrons. The maximum Gasteiger partial charge on any atom is 0.133 e. The van der Waals surface area contributed by atoms with Gasteiger partial charge in [0.15, 0.2) is 0 Å². The molecule has 19 heavy (non-hydrogen) atoms. The molecule has 1 saturated heterocycles. The van der Waals surface area contributed by atoms with E-state index in [0.29, 0.717) is 0 Å². The fourth-order valence-electron chi connectivity index (χ4n) is 2.76. The minimum absolute atomic E-state index is 0.718. The van der Waals surface area contributed by atoms with Crippen LogP contribution in [0.3, 0.4) is 0 Å². The normalized spacial score (nSPS) is 19.5. The summed E-state index contributed by atoms with van der Waals surface area (Å²) >= 11 is 0. The molecule has 1 unspecified atom stereocenters. The number of pyridine rings is 1. The van der Waals surface area contributed by atoms with Crippen molar-refractivity contribution in [1.82, 2.24) is 10.3 Å². The summed E-state index contributed by atoms with van der Waals surface area (Å²) in [7, 11) is 0. The lowest BCUT2D eigenvalue weighted by Gasteiger charge is -2.23. The summed E-state index contributed by atoms with van der Waals surface area (Å²) in [5.74, 6) is 1.74. The van der Waals surface area contributed by atoms with Crippen molar-refractivity contribution >= 4 is 16.6 Å². The Hall–Kier alpha value is -1.61. The number of aromatic nitrogens is 1. The molecule has 0 aliphatic carbocycles. The molecular formula is C16H21N3. The Balaban J connectivity index is 1.78. The van der Waals surface area contributed by atoms with Gasteiger partial charge in [-0.1, -0.05) is 17.7 Å². The highest BCUT2D eigenvalue weighted by Gasteiger charge is 2.13. The summed E-state index contributed by atoms with van der Waals surface area (Å²) in [6.45, 7) is 5.42. The average Bonchev–Trinajstić information content (AvgIpc) is 2.46. The average molecular weight is 255 g/mol. The van der Waals surface area contributed by atoms with Crippen LogP contribution in [0.4, 0.5) is 5.82 Å². The number of hydrogen-bond acceptors (Lipinski definition) is 3. The molecule has 1 aromatic heterocycles. The van der Waals surface area contributed by atoms with Crippen LogP contribution in [-0.2, 0) is 0 Å². The first kappa shape index (κ1) is 12.4. The SMILES string of the molecule is Cc1ccc2ccnc(NCC3CCCNC3)c2c1. The van der Waals surface area contributed by atoms with E-state index in [1.165, 1.54) is 35.7 Å². The number of anilines is 1. The van der Waals surface area contributed by atoms with Crippen molar-refractivity contribution in [2.45, 2.75) is 19.8 Å². The fourth-order valence-corrected chi connectivity index (χ4v) is 2.76. The molecule has 0 saturated carbocycles. The van der Waals surface area contributed by atoms with E-state index in [-0.39, 0.29) is 0 Å². The summed E-state index contributed by atoms with van der Waals surface area (Å²) < 4.78 is 0. The maximum atomic E-state index is 4.50. The van der Waals surface area contributed by atoms with Crippen molar-refractivity contribution in [2.75, 3.05) is 25.0 Å². The van der Waals surface area contributed by atoms with Gasteiger partial charge in [-0.3, -0.25) is 0 Å². The summed E-state index contributed by atoms with van der Waals surface area (Å²) in [6.07, 6.45) is 4.48. The third-order valence-electron chi connectivity index (χ3n) is 3.88. The van der Waals surface area contributed by atoms with Gasteiger partial charge in [-0.15, -0.1) is 0 Å². The molecule has 2 heterocycles. The van der Waals surface area contributed by atoms with E-state index in [0.717, 1.165) is 24.8 Å². The predicted octanol–water partition coefficient (Wildman–Crippen LogP) is 2.95. The zero-order valence-corrected chi connectivity index (χ0v) is 11.4.